The monoisotopic (exact) mass is 394 g/mol. The SMILES string of the molecule is NCCN1CCC(Nc2cc(C(F)(F)F)cc3c2Nc2ccccc2S3)C1. The minimum atomic E-state index is -4.38. The van der Waals surface area contributed by atoms with E-state index in [1.807, 2.05) is 24.3 Å². The van der Waals surface area contributed by atoms with Crippen molar-refractivity contribution in [2.24, 2.45) is 5.73 Å². The van der Waals surface area contributed by atoms with Crippen LogP contribution in [0.25, 0.3) is 0 Å². The number of alkyl halides is 3. The highest BCUT2D eigenvalue weighted by molar-refractivity contribution is 7.99. The lowest BCUT2D eigenvalue weighted by Gasteiger charge is -2.27. The van der Waals surface area contributed by atoms with Gasteiger partial charge in [-0.25, -0.2) is 0 Å². The van der Waals surface area contributed by atoms with Crippen molar-refractivity contribution in [3.8, 4) is 0 Å². The summed E-state index contributed by atoms with van der Waals surface area (Å²) in [5.74, 6) is 0. The molecule has 0 spiro atoms. The van der Waals surface area contributed by atoms with Gasteiger partial charge in [-0.1, -0.05) is 23.9 Å². The van der Waals surface area contributed by atoms with E-state index in [-0.39, 0.29) is 6.04 Å². The number of nitrogens with two attached hydrogens (primary N) is 1. The molecule has 2 aromatic carbocycles. The van der Waals surface area contributed by atoms with Crippen LogP contribution in [0.4, 0.5) is 30.2 Å². The van der Waals surface area contributed by atoms with Crippen molar-refractivity contribution in [3.05, 3.63) is 42.0 Å². The Morgan fingerprint density at radius 2 is 2.04 bits per heavy atom. The average molecular weight is 394 g/mol. The molecule has 0 aromatic heterocycles. The van der Waals surface area contributed by atoms with E-state index < -0.39 is 11.7 Å². The number of anilines is 3. The van der Waals surface area contributed by atoms with Crippen molar-refractivity contribution in [2.75, 3.05) is 36.8 Å². The van der Waals surface area contributed by atoms with Gasteiger partial charge in [-0.2, -0.15) is 13.2 Å². The molecule has 4 N–H and O–H groups in total. The van der Waals surface area contributed by atoms with Crippen LogP contribution >= 0.6 is 11.8 Å². The van der Waals surface area contributed by atoms with Crippen LogP contribution in [0.2, 0.25) is 0 Å². The number of nitrogens with zero attached hydrogens (tertiary/aromatic N) is 1. The minimum absolute atomic E-state index is 0.105. The number of rotatable bonds is 4. The Hall–Kier alpha value is -1.90. The fourth-order valence-electron chi connectivity index (χ4n) is 3.57. The van der Waals surface area contributed by atoms with Crippen LogP contribution in [0.15, 0.2) is 46.2 Å². The molecule has 4 rings (SSSR count). The fourth-order valence-corrected chi connectivity index (χ4v) is 4.63. The highest BCUT2D eigenvalue weighted by atomic mass is 32.2. The normalized spacial score (nSPS) is 19.3. The van der Waals surface area contributed by atoms with Crippen molar-refractivity contribution < 1.29 is 13.2 Å². The number of para-hydroxylation sites is 1. The molecule has 2 aromatic rings. The van der Waals surface area contributed by atoms with Gasteiger partial charge in [0.15, 0.2) is 0 Å². The van der Waals surface area contributed by atoms with E-state index in [1.54, 1.807) is 0 Å². The van der Waals surface area contributed by atoms with Gasteiger partial charge in [0.2, 0.25) is 0 Å². The molecule has 4 nitrogen and oxygen atoms in total. The van der Waals surface area contributed by atoms with Gasteiger partial charge in [0, 0.05) is 42.0 Å². The second-order valence-corrected chi connectivity index (χ2v) is 7.92. The topological polar surface area (TPSA) is 53.3 Å². The molecule has 0 saturated carbocycles. The van der Waals surface area contributed by atoms with Gasteiger partial charge < -0.3 is 16.4 Å². The van der Waals surface area contributed by atoms with E-state index in [0.29, 0.717) is 22.8 Å². The van der Waals surface area contributed by atoms with Gasteiger partial charge in [0.05, 0.1) is 22.6 Å². The van der Waals surface area contributed by atoms with Crippen molar-refractivity contribution in [3.63, 3.8) is 0 Å². The van der Waals surface area contributed by atoms with Gasteiger partial charge in [0.1, 0.15) is 0 Å². The first kappa shape index (κ1) is 18.5. The summed E-state index contributed by atoms with van der Waals surface area (Å²) in [5, 5.41) is 6.66. The lowest BCUT2D eigenvalue weighted by atomic mass is 10.1. The summed E-state index contributed by atoms with van der Waals surface area (Å²) in [4.78, 5) is 3.74. The molecule has 8 heteroatoms. The molecule has 1 unspecified atom stereocenters. The summed E-state index contributed by atoms with van der Waals surface area (Å²) in [6, 6.07) is 10.2. The molecule has 0 bridgehead atoms. The summed E-state index contributed by atoms with van der Waals surface area (Å²) in [7, 11) is 0. The first-order valence-electron chi connectivity index (χ1n) is 8.92. The maximum absolute atomic E-state index is 13.4. The van der Waals surface area contributed by atoms with Gasteiger partial charge in [-0.05, 0) is 30.7 Å². The van der Waals surface area contributed by atoms with Crippen molar-refractivity contribution >= 4 is 28.8 Å². The van der Waals surface area contributed by atoms with Gasteiger partial charge in [-0.3, -0.25) is 4.90 Å². The van der Waals surface area contributed by atoms with Gasteiger partial charge in [0.25, 0.3) is 0 Å². The van der Waals surface area contributed by atoms with Crippen LogP contribution in [0, 0.1) is 0 Å². The predicted octanol–water partition coefficient (Wildman–Crippen LogP) is 4.36. The third-order valence-corrected chi connectivity index (χ3v) is 5.99. The van der Waals surface area contributed by atoms with E-state index in [2.05, 4.69) is 15.5 Å². The number of hydrogen-bond donors (Lipinski definition) is 3. The van der Waals surface area contributed by atoms with Crippen LogP contribution < -0.4 is 16.4 Å². The zero-order valence-corrected chi connectivity index (χ0v) is 15.5. The molecule has 1 atom stereocenters. The van der Waals surface area contributed by atoms with Gasteiger partial charge >= 0.3 is 6.18 Å². The van der Waals surface area contributed by atoms with Crippen LogP contribution in [0.5, 0.6) is 0 Å². The predicted molar refractivity (Wildman–Crippen MR) is 103 cm³/mol. The molecule has 0 radical (unpaired) electrons. The number of halogens is 3. The quantitative estimate of drug-likeness (QED) is 0.614. The number of likely N-dealkylation sites (tertiary alicyclic amines) is 1. The largest absolute Gasteiger partial charge is 0.416 e. The van der Waals surface area contributed by atoms with Crippen LogP contribution in [-0.4, -0.2) is 37.1 Å². The fraction of sp³-hybridized carbons (Fsp3) is 0.368. The number of hydrogen-bond acceptors (Lipinski definition) is 5. The van der Waals surface area contributed by atoms with E-state index in [0.717, 1.165) is 36.6 Å². The smallest absolute Gasteiger partial charge is 0.379 e. The molecular formula is C19H21F3N4S. The Morgan fingerprint density at radius 1 is 1.22 bits per heavy atom. The first-order chi connectivity index (χ1) is 12.9. The number of nitrogens with one attached hydrogen (secondary N) is 2. The summed E-state index contributed by atoms with van der Waals surface area (Å²) < 4.78 is 40.3. The Labute approximate surface area is 160 Å². The molecular weight excluding hydrogens is 373 g/mol. The molecule has 2 aliphatic rings. The van der Waals surface area contributed by atoms with Crippen LogP contribution in [0.1, 0.15) is 12.0 Å². The standard InChI is InChI=1S/C19H21F3N4S/c20-19(21,22)12-9-15(24-13-5-7-26(11-13)8-6-23)18-17(10-12)27-16-4-2-1-3-14(16)25-18/h1-4,9-10,13,24-25H,5-8,11,23H2. The average Bonchev–Trinajstić information content (AvgIpc) is 3.06. The number of fused-ring (bicyclic) bond motifs is 2. The molecule has 0 amide bonds. The minimum Gasteiger partial charge on any atom is -0.379 e. The van der Waals surface area contributed by atoms with Gasteiger partial charge in [-0.15, -0.1) is 0 Å². The summed E-state index contributed by atoms with van der Waals surface area (Å²) in [6.07, 6.45) is -3.50. The van der Waals surface area contributed by atoms with Crippen LogP contribution in [0.3, 0.4) is 0 Å². The highest BCUT2D eigenvalue weighted by Gasteiger charge is 2.34. The molecule has 2 aliphatic heterocycles. The van der Waals surface area contributed by atoms with Crippen molar-refractivity contribution in [2.45, 2.75) is 28.4 Å². The lowest BCUT2D eigenvalue weighted by Crippen LogP contribution is -2.30. The Balaban J connectivity index is 1.66. The Kier molecular flexibility index (Phi) is 4.96. The highest BCUT2D eigenvalue weighted by Crippen LogP contribution is 2.49. The maximum atomic E-state index is 13.4. The summed E-state index contributed by atoms with van der Waals surface area (Å²) >= 11 is 1.36. The Bertz CT molecular complexity index is 840. The zero-order chi connectivity index (χ0) is 19.0. The van der Waals surface area contributed by atoms with E-state index in [9.17, 15) is 13.2 Å². The van der Waals surface area contributed by atoms with Crippen molar-refractivity contribution in [1.29, 1.82) is 0 Å². The Morgan fingerprint density at radius 3 is 2.81 bits per heavy atom. The third kappa shape index (κ3) is 3.88. The zero-order valence-electron chi connectivity index (χ0n) is 14.6. The van der Waals surface area contributed by atoms with Crippen molar-refractivity contribution in [1.82, 2.24) is 4.90 Å². The summed E-state index contributed by atoms with van der Waals surface area (Å²) in [6.45, 7) is 3.08. The van der Waals surface area contributed by atoms with Crippen LogP contribution in [-0.2, 0) is 6.18 Å². The summed E-state index contributed by atoms with van der Waals surface area (Å²) in [5.41, 5.74) is 7.10. The second-order valence-electron chi connectivity index (χ2n) is 6.84. The first-order valence-corrected chi connectivity index (χ1v) is 9.74. The molecule has 1 fully saturated rings. The lowest BCUT2D eigenvalue weighted by molar-refractivity contribution is -0.137. The molecule has 0 aliphatic carbocycles. The maximum Gasteiger partial charge on any atom is 0.416 e. The third-order valence-electron chi connectivity index (χ3n) is 4.87. The van der Waals surface area contributed by atoms with E-state index in [1.165, 1.54) is 23.9 Å². The molecule has 27 heavy (non-hydrogen) atoms. The molecule has 1 saturated heterocycles. The molecule has 2 heterocycles. The second kappa shape index (κ2) is 7.26. The van der Waals surface area contributed by atoms with E-state index in [4.69, 9.17) is 5.73 Å². The molecule has 144 valence electrons. The van der Waals surface area contributed by atoms with E-state index >= 15 is 0 Å². The number of benzene rings is 2.